The van der Waals surface area contributed by atoms with Gasteiger partial charge in [-0.3, -0.25) is 25.2 Å². The van der Waals surface area contributed by atoms with Gasteiger partial charge in [-0.25, -0.2) is 0 Å². The van der Waals surface area contributed by atoms with Crippen LogP contribution in [0.5, 0.6) is 0 Å². The average Bonchev–Trinajstić information content (AvgIpc) is 2.69. The van der Waals surface area contributed by atoms with Crippen LogP contribution in [0, 0.1) is 35.0 Å². The number of carbonyl (C=O) groups is 3. The Morgan fingerprint density at radius 3 is 1.90 bits per heavy atom. The largest absolute Gasteiger partial charge is 0.344 e. The minimum Gasteiger partial charge on any atom is -0.344 e. The van der Waals surface area contributed by atoms with E-state index < -0.39 is 6.04 Å². The molecule has 0 aromatic rings. The Balaban J connectivity index is 1.34. The number of amides is 3. The van der Waals surface area contributed by atoms with E-state index in [4.69, 9.17) is 0 Å². The first-order chi connectivity index (χ1) is 13.9. The van der Waals surface area contributed by atoms with Crippen LogP contribution in [-0.4, -0.2) is 23.8 Å². The van der Waals surface area contributed by atoms with Crippen LogP contribution in [0.3, 0.4) is 0 Å². The van der Waals surface area contributed by atoms with E-state index in [0.29, 0.717) is 17.8 Å². The maximum Gasteiger partial charge on any atom is 0.261 e. The fourth-order valence-corrected chi connectivity index (χ4v) is 6.89. The van der Waals surface area contributed by atoms with E-state index in [2.05, 4.69) is 16.2 Å². The van der Waals surface area contributed by atoms with E-state index in [9.17, 15) is 14.4 Å². The maximum absolute atomic E-state index is 13.3. The second kappa shape index (κ2) is 8.27. The molecule has 162 valence electrons. The zero-order chi connectivity index (χ0) is 20.6. The van der Waals surface area contributed by atoms with Gasteiger partial charge in [0.15, 0.2) is 0 Å². The van der Waals surface area contributed by atoms with Crippen LogP contribution in [0.15, 0.2) is 0 Å². The highest BCUT2D eigenvalue weighted by Gasteiger charge is 2.55. The van der Waals surface area contributed by atoms with Gasteiger partial charge in [-0.05, 0) is 75.0 Å². The summed E-state index contributed by atoms with van der Waals surface area (Å²) < 4.78 is 0. The van der Waals surface area contributed by atoms with Crippen LogP contribution in [0.1, 0.15) is 84.5 Å². The van der Waals surface area contributed by atoms with Gasteiger partial charge < -0.3 is 5.32 Å². The molecule has 6 nitrogen and oxygen atoms in total. The molecule has 3 N–H and O–H groups in total. The zero-order valence-corrected chi connectivity index (χ0v) is 18.0. The van der Waals surface area contributed by atoms with Crippen LogP contribution in [0.4, 0.5) is 0 Å². The smallest absolute Gasteiger partial charge is 0.261 e. The van der Waals surface area contributed by atoms with Gasteiger partial charge in [-0.1, -0.05) is 33.1 Å². The van der Waals surface area contributed by atoms with Gasteiger partial charge in [0.05, 0.1) is 0 Å². The van der Waals surface area contributed by atoms with Gasteiger partial charge in [0.25, 0.3) is 5.91 Å². The van der Waals surface area contributed by atoms with Crippen molar-refractivity contribution in [1.82, 2.24) is 16.2 Å². The lowest BCUT2D eigenvalue weighted by atomic mass is 9.49. The molecular formula is C23H37N3O3. The van der Waals surface area contributed by atoms with Crippen molar-refractivity contribution >= 4 is 17.7 Å². The van der Waals surface area contributed by atoms with Crippen molar-refractivity contribution in [3.05, 3.63) is 0 Å². The standard InChI is InChI=1S/C23H37N3O3/c1-14(2)19(21(28)26-25-20(27)18-6-4-3-5-7-18)24-22(29)23-11-15-8-16(12-23)10-17(9-15)13-23/h14-19H,3-13H2,1-2H3,(H,24,29)(H,25,27)(H,26,28)/t15?,16?,17?,19-,23?/m0/s1. The van der Waals surface area contributed by atoms with Crippen LogP contribution in [-0.2, 0) is 14.4 Å². The summed E-state index contributed by atoms with van der Waals surface area (Å²) in [5.41, 5.74) is 4.92. The number of carbonyl (C=O) groups excluding carboxylic acids is 3. The van der Waals surface area contributed by atoms with Crippen LogP contribution >= 0.6 is 0 Å². The van der Waals surface area contributed by atoms with Gasteiger partial charge in [0, 0.05) is 11.3 Å². The maximum atomic E-state index is 13.3. The minimum atomic E-state index is -0.623. The number of rotatable bonds is 5. The molecule has 0 heterocycles. The summed E-state index contributed by atoms with van der Waals surface area (Å²) in [6.07, 6.45) is 11.9. The summed E-state index contributed by atoms with van der Waals surface area (Å²) in [6.45, 7) is 3.88. The highest BCUT2D eigenvalue weighted by Crippen LogP contribution is 2.60. The van der Waals surface area contributed by atoms with E-state index in [0.717, 1.165) is 44.9 Å². The van der Waals surface area contributed by atoms with Crippen molar-refractivity contribution in [2.75, 3.05) is 0 Å². The van der Waals surface area contributed by atoms with Crippen LogP contribution in [0.2, 0.25) is 0 Å². The molecule has 0 spiro atoms. The molecule has 5 rings (SSSR count). The summed E-state index contributed by atoms with van der Waals surface area (Å²) in [7, 11) is 0. The first kappa shape index (κ1) is 20.7. The first-order valence-electron chi connectivity index (χ1n) is 11.8. The van der Waals surface area contributed by atoms with Crippen molar-refractivity contribution in [3.63, 3.8) is 0 Å². The fourth-order valence-electron chi connectivity index (χ4n) is 6.89. The average molecular weight is 404 g/mol. The predicted octanol–water partition coefficient (Wildman–Crippen LogP) is 3.07. The molecule has 4 bridgehead atoms. The fraction of sp³-hybridized carbons (Fsp3) is 0.870. The molecule has 0 aromatic heterocycles. The van der Waals surface area contributed by atoms with Crippen molar-refractivity contribution < 1.29 is 14.4 Å². The second-order valence-electron chi connectivity index (χ2n) is 10.7. The van der Waals surface area contributed by atoms with Crippen molar-refractivity contribution in [3.8, 4) is 0 Å². The number of hydrazine groups is 1. The third kappa shape index (κ3) is 4.31. The van der Waals surface area contributed by atoms with Gasteiger partial charge in [0.2, 0.25) is 11.8 Å². The van der Waals surface area contributed by atoms with E-state index in [-0.39, 0.29) is 35.0 Å². The van der Waals surface area contributed by atoms with E-state index in [1.807, 2.05) is 13.8 Å². The molecule has 1 atom stereocenters. The summed E-state index contributed by atoms with van der Waals surface area (Å²) in [4.78, 5) is 38.5. The van der Waals surface area contributed by atoms with Crippen molar-refractivity contribution in [1.29, 1.82) is 0 Å². The van der Waals surface area contributed by atoms with E-state index >= 15 is 0 Å². The molecule has 6 heteroatoms. The summed E-state index contributed by atoms with van der Waals surface area (Å²) in [5, 5.41) is 3.07. The normalized spacial score (nSPS) is 34.7. The van der Waals surface area contributed by atoms with Gasteiger partial charge in [-0.2, -0.15) is 0 Å². The SMILES string of the molecule is CC(C)[C@H](NC(=O)C12CC3CC(CC(C3)C1)C2)C(=O)NNC(=O)C1CCCCC1. The van der Waals surface area contributed by atoms with E-state index in [1.165, 1.54) is 25.7 Å². The monoisotopic (exact) mass is 403 g/mol. The molecule has 5 fully saturated rings. The van der Waals surface area contributed by atoms with Crippen molar-refractivity contribution in [2.45, 2.75) is 90.5 Å². The second-order valence-corrected chi connectivity index (χ2v) is 10.7. The van der Waals surface area contributed by atoms with Crippen molar-refractivity contribution in [2.24, 2.45) is 35.0 Å². The predicted molar refractivity (Wildman–Crippen MR) is 110 cm³/mol. The van der Waals surface area contributed by atoms with Gasteiger partial charge >= 0.3 is 0 Å². The molecule has 5 aliphatic carbocycles. The third-order valence-electron chi connectivity index (χ3n) is 8.04. The van der Waals surface area contributed by atoms with Crippen LogP contribution in [0.25, 0.3) is 0 Å². The van der Waals surface area contributed by atoms with E-state index in [1.54, 1.807) is 0 Å². The lowest BCUT2D eigenvalue weighted by Crippen LogP contribution is -2.60. The summed E-state index contributed by atoms with van der Waals surface area (Å²) >= 11 is 0. The molecule has 0 aromatic carbocycles. The van der Waals surface area contributed by atoms with Gasteiger partial charge in [-0.15, -0.1) is 0 Å². The Morgan fingerprint density at radius 2 is 1.38 bits per heavy atom. The number of nitrogens with one attached hydrogen (secondary N) is 3. The quantitative estimate of drug-likeness (QED) is 0.617. The summed E-state index contributed by atoms with van der Waals surface area (Å²) in [5.74, 6) is 1.65. The molecule has 0 saturated heterocycles. The molecule has 0 radical (unpaired) electrons. The Labute approximate surface area is 174 Å². The first-order valence-corrected chi connectivity index (χ1v) is 11.8. The Bertz CT molecular complexity index is 618. The topological polar surface area (TPSA) is 87.3 Å². The Morgan fingerprint density at radius 1 is 0.828 bits per heavy atom. The Hall–Kier alpha value is -1.59. The van der Waals surface area contributed by atoms with Crippen LogP contribution < -0.4 is 16.2 Å². The summed E-state index contributed by atoms with van der Waals surface area (Å²) in [6, 6.07) is -0.623. The molecule has 29 heavy (non-hydrogen) atoms. The number of hydrogen-bond donors (Lipinski definition) is 3. The highest BCUT2D eigenvalue weighted by atomic mass is 16.2. The van der Waals surface area contributed by atoms with Gasteiger partial charge in [0.1, 0.15) is 6.04 Å². The molecular weight excluding hydrogens is 366 g/mol. The zero-order valence-electron chi connectivity index (χ0n) is 18.0. The number of hydrogen-bond acceptors (Lipinski definition) is 3. The molecule has 5 saturated carbocycles. The minimum absolute atomic E-state index is 0.0110. The molecule has 0 aliphatic heterocycles. The molecule has 5 aliphatic rings. The molecule has 0 unspecified atom stereocenters. The molecule has 3 amide bonds. The third-order valence-corrected chi connectivity index (χ3v) is 8.04. The lowest BCUT2D eigenvalue weighted by Gasteiger charge is -2.55. The lowest BCUT2D eigenvalue weighted by molar-refractivity contribution is -0.149. The highest BCUT2D eigenvalue weighted by molar-refractivity contribution is 5.91. The Kier molecular flexibility index (Phi) is 5.90.